The maximum absolute atomic E-state index is 3.43. The van der Waals surface area contributed by atoms with Crippen molar-refractivity contribution < 1.29 is 0 Å². The lowest BCUT2D eigenvalue weighted by atomic mass is 9.87. The molecule has 0 fully saturated rings. The molecule has 1 aliphatic heterocycles. The minimum absolute atomic E-state index is 0.382. The summed E-state index contributed by atoms with van der Waals surface area (Å²) in [7, 11) is 0. The molecule has 0 amide bonds. The van der Waals surface area contributed by atoms with Crippen molar-refractivity contribution in [1.82, 2.24) is 10.3 Å². The fourth-order valence-electron chi connectivity index (χ4n) is 2.14. The normalized spacial score (nSPS) is 16.8. The van der Waals surface area contributed by atoms with E-state index in [-0.39, 0.29) is 0 Å². The predicted octanol–water partition coefficient (Wildman–Crippen LogP) is 2.25. The highest BCUT2D eigenvalue weighted by atomic mass is 14.9. The number of aromatic amines is 1. The Morgan fingerprint density at radius 2 is 2.14 bits per heavy atom. The van der Waals surface area contributed by atoms with Gasteiger partial charge < -0.3 is 10.3 Å². The zero-order valence-corrected chi connectivity index (χ0v) is 9.41. The third-order valence-corrected chi connectivity index (χ3v) is 2.75. The Bertz CT molecular complexity index is 318. The Morgan fingerprint density at radius 3 is 2.86 bits per heavy atom. The van der Waals surface area contributed by atoms with Crippen molar-refractivity contribution in [1.29, 1.82) is 0 Å². The monoisotopic (exact) mass is 192 g/mol. The molecule has 1 aliphatic rings. The number of fused-ring (bicyclic) bond motifs is 1. The van der Waals surface area contributed by atoms with Gasteiger partial charge in [-0.2, -0.15) is 0 Å². The number of hydrogen-bond donors (Lipinski definition) is 2. The van der Waals surface area contributed by atoms with Crippen LogP contribution in [0.1, 0.15) is 37.6 Å². The second-order valence-electron chi connectivity index (χ2n) is 5.44. The second kappa shape index (κ2) is 3.43. The summed E-state index contributed by atoms with van der Waals surface area (Å²) < 4.78 is 0. The number of rotatable bonds is 1. The third kappa shape index (κ3) is 2.01. The van der Waals surface area contributed by atoms with Crippen LogP contribution < -0.4 is 5.32 Å². The van der Waals surface area contributed by atoms with Crippen molar-refractivity contribution in [3.05, 3.63) is 23.0 Å². The van der Waals surface area contributed by atoms with Gasteiger partial charge in [-0.25, -0.2) is 0 Å². The lowest BCUT2D eigenvalue weighted by Gasteiger charge is -2.20. The summed E-state index contributed by atoms with van der Waals surface area (Å²) in [5.74, 6) is 0. The van der Waals surface area contributed by atoms with Crippen LogP contribution in [0.5, 0.6) is 0 Å². The summed E-state index contributed by atoms with van der Waals surface area (Å²) in [5, 5.41) is 3.43. The SMILES string of the molecule is CC(C)(C)Cc1c[nH]c2c1CNCC2. The average molecular weight is 192 g/mol. The Kier molecular flexibility index (Phi) is 2.40. The van der Waals surface area contributed by atoms with Crippen molar-refractivity contribution in [2.24, 2.45) is 5.41 Å². The molecule has 0 spiro atoms. The second-order valence-corrected chi connectivity index (χ2v) is 5.44. The quantitative estimate of drug-likeness (QED) is 0.701. The van der Waals surface area contributed by atoms with Crippen LogP contribution >= 0.6 is 0 Å². The van der Waals surface area contributed by atoms with E-state index in [1.807, 2.05) is 0 Å². The molecule has 0 unspecified atom stereocenters. The molecule has 2 nitrogen and oxygen atoms in total. The van der Waals surface area contributed by atoms with Crippen molar-refractivity contribution in [2.75, 3.05) is 6.54 Å². The van der Waals surface area contributed by atoms with Crippen LogP contribution in [0.15, 0.2) is 6.20 Å². The van der Waals surface area contributed by atoms with Gasteiger partial charge in [0.15, 0.2) is 0 Å². The largest absolute Gasteiger partial charge is 0.364 e. The van der Waals surface area contributed by atoms with Crippen LogP contribution in [0.2, 0.25) is 0 Å². The van der Waals surface area contributed by atoms with E-state index in [4.69, 9.17) is 0 Å². The van der Waals surface area contributed by atoms with E-state index in [9.17, 15) is 0 Å². The van der Waals surface area contributed by atoms with Gasteiger partial charge in [0.2, 0.25) is 0 Å². The molecule has 0 bridgehead atoms. The van der Waals surface area contributed by atoms with Crippen LogP contribution in [0.25, 0.3) is 0 Å². The molecule has 0 saturated heterocycles. The molecule has 2 heteroatoms. The molecule has 1 aromatic heterocycles. The van der Waals surface area contributed by atoms with Gasteiger partial charge in [0.1, 0.15) is 0 Å². The molecule has 0 saturated carbocycles. The summed E-state index contributed by atoms with van der Waals surface area (Å²) in [6.07, 6.45) is 4.52. The molecule has 0 aromatic carbocycles. The van der Waals surface area contributed by atoms with Crippen LogP contribution in [-0.2, 0) is 19.4 Å². The van der Waals surface area contributed by atoms with E-state index in [2.05, 4.69) is 37.3 Å². The van der Waals surface area contributed by atoms with Gasteiger partial charge in [0.05, 0.1) is 0 Å². The zero-order chi connectivity index (χ0) is 10.2. The van der Waals surface area contributed by atoms with Gasteiger partial charge in [0, 0.05) is 31.4 Å². The van der Waals surface area contributed by atoms with Crippen LogP contribution in [0.4, 0.5) is 0 Å². The molecule has 0 atom stereocenters. The van der Waals surface area contributed by atoms with Crippen LogP contribution in [0, 0.1) is 5.41 Å². The number of aromatic nitrogens is 1. The maximum Gasteiger partial charge on any atom is 0.0226 e. The van der Waals surface area contributed by atoms with Crippen molar-refractivity contribution in [3.63, 3.8) is 0 Å². The summed E-state index contributed by atoms with van der Waals surface area (Å²) in [6, 6.07) is 0. The minimum atomic E-state index is 0.382. The topological polar surface area (TPSA) is 27.8 Å². The fraction of sp³-hybridized carbons (Fsp3) is 0.667. The number of nitrogens with one attached hydrogen (secondary N) is 2. The van der Waals surface area contributed by atoms with E-state index in [0.717, 1.165) is 19.5 Å². The minimum Gasteiger partial charge on any atom is -0.364 e. The highest BCUT2D eigenvalue weighted by Gasteiger charge is 2.19. The molecule has 2 rings (SSSR count). The first-order chi connectivity index (χ1) is 6.56. The molecule has 1 aromatic rings. The first-order valence-electron chi connectivity index (χ1n) is 5.45. The zero-order valence-electron chi connectivity index (χ0n) is 9.41. The molecule has 0 radical (unpaired) electrons. The summed E-state index contributed by atoms with van der Waals surface area (Å²) in [4.78, 5) is 3.41. The molecular formula is C12H20N2. The van der Waals surface area contributed by atoms with Gasteiger partial charge >= 0.3 is 0 Å². The molecule has 2 N–H and O–H groups in total. The van der Waals surface area contributed by atoms with E-state index in [1.165, 1.54) is 23.2 Å². The molecular weight excluding hydrogens is 172 g/mol. The van der Waals surface area contributed by atoms with Gasteiger partial charge in [0.25, 0.3) is 0 Å². The summed E-state index contributed by atoms with van der Waals surface area (Å²) in [5.41, 5.74) is 4.85. The first-order valence-corrected chi connectivity index (χ1v) is 5.45. The van der Waals surface area contributed by atoms with Crippen molar-refractivity contribution in [3.8, 4) is 0 Å². The average Bonchev–Trinajstić information content (AvgIpc) is 2.47. The van der Waals surface area contributed by atoms with E-state index in [0.29, 0.717) is 5.41 Å². The van der Waals surface area contributed by atoms with Crippen molar-refractivity contribution in [2.45, 2.75) is 40.2 Å². The highest BCUT2D eigenvalue weighted by Crippen LogP contribution is 2.26. The Morgan fingerprint density at radius 1 is 1.36 bits per heavy atom. The molecule has 0 aliphatic carbocycles. The number of hydrogen-bond acceptors (Lipinski definition) is 1. The van der Waals surface area contributed by atoms with E-state index >= 15 is 0 Å². The van der Waals surface area contributed by atoms with Gasteiger partial charge in [-0.05, 0) is 23.0 Å². The van der Waals surface area contributed by atoms with Gasteiger partial charge in [-0.3, -0.25) is 0 Å². The lowest BCUT2D eigenvalue weighted by Crippen LogP contribution is -2.24. The van der Waals surface area contributed by atoms with E-state index < -0.39 is 0 Å². The predicted molar refractivity (Wildman–Crippen MR) is 59.4 cm³/mol. The Hall–Kier alpha value is -0.760. The van der Waals surface area contributed by atoms with Gasteiger partial charge in [-0.15, -0.1) is 0 Å². The Balaban J connectivity index is 2.22. The molecule has 78 valence electrons. The van der Waals surface area contributed by atoms with E-state index in [1.54, 1.807) is 0 Å². The number of H-pyrrole nitrogens is 1. The van der Waals surface area contributed by atoms with Gasteiger partial charge in [-0.1, -0.05) is 20.8 Å². The summed E-state index contributed by atoms with van der Waals surface area (Å²) >= 11 is 0. The standard InChI is InChI=1S/C12H20N2/c1-12(2,3)6-9-7-14-11-4-5-13-8-10(9)11/h7,13-14H,4-6,8H2,1-3H3. The molecule has 2 heterocycles. The van der Waals surface area contributed by atoms with Crippen molar-refractivity contribution >= 4 is 0 Å². The van der Waals surface area contributed by atoms with Crippen LogP contribution in [0.3, 0.4) is 0 Å². The first kappa shape index (κ1) is 9.78. The summed E-state index contributed by atoms with van der Waals surface area (Å²) in [6.45, 7) is 9.04. The molecule has 14 heavy (non-hydrogen) atoms. The lowest BCUT2D eigenvalue weighted by molar-refractivity contribution is 0.409. The highest BCUT2D eigenvalue weighted by molar-refractivity contribution is 5.33. The Labute approximate surface area is 86.1 Å². The third-order valence-electron chi connectivity index (χ3n) is 2.75. The maximum atomic E-state index is 3.43. The smallest absolute Gasteiger partial charge is 0.0226 e. The fourth-order valence-corrected chi connectivity index (χ4v) is 2.14. The van der Waals surface area contributed by atoms with Crippen LogP contribution in [-0.4, -0.2) is 11.5 Å².